The number of hydrogen-bond donors (Lipinski definition) is 0. The number of piperidine rings is 1. The van der Waals surface area contributed by atoms with Gasteiger partial charge in [-0.15, -0.1) is 0 Å². The molecule has 1 fully saturated rings. The first kappa shape index (κ1) is 17.4. The highest BCUT2D eigenvalue weighted by Crippen LogP contribution is 2.32. The molecule has 0 aliphatic carbocycles. The zero-order valence-electron chi connectivity index (χ0n) is 14.0. The fraction of sp³-hybridized carbons (Fsp3) is 0.471. The fourth-order valence-electron chi connectivity index (χ4n) is 3.25. The molecule has 2 aromatic rings. The minimum atomic E-state index is -4.47. The molecule has 1 atom stereocenters. The summed E-state index contributed by atoms with van der Waals surface area (Å²) in [6.07, 6.45) is -0.409. The summed E-state index contributed by atoms with van der Waals surface area (Å²) in [6.45, 7) is 2.71. The van der Waals surface area contributed by atoms with Gasteiger partial charge in [-0.05, 0) is 31.9 Å². The SMILES string of the molecule is Cc1ncccc1C(=O)N1CCCC(c2nc(C(F)(F)F)cn2C)C1. The Morgan fingerprint density at radius 1 is 1.36 bits per heavy atom. The number of hydrogen-bond acceptors (Lipinski definition) is 3. The van der Waals surface area contributed by atoms with E-state index in [9.17, 15) is 18.0 Å². The van der Waals surface area contributed by atoms with Crippen molar-refractivity contribution in [3.63, 3.8) is 0 Å². The van der Waals surface area contributed by atoms with Crippen molar-refractivity contribution in [1.82, 2.24) is 19.4 Å². The number of aromatic nitrogens is 3. The average molecular weight is 352 g/mol. The van der Waals surface area contributed by atoms with Crippen LogP contribution in [0.1, 0.15) is 46.3 Å². The van der Waals surface area contributed by atoms with Gasteiger partial charge in [0.1, 0.15) is 5.82 Å². The van der Waals surface area contributed by atoms with Crippen LogP contribution in [0.5, 0.6) is 0 Å². The van der Waals surface area contributed by atoms with Gasteiger partial charge in [0.05, 0.1) is 5.56 Å². The van der Waals surface area contributed by atoms with E-state index in [1.54, 1.807) is 37.2 Å². The van der Waals surface area contributed by atoms with Crippen LogP contribution in [0.3, 0.4) is 0 Å². The quantitative estimate of drug-likeness (QED) is 0.834. The van der Waals surface area contributed by atoms with Crippen molar-refractivity contribution in [2.45, 2.75) is 31.9 Å². The molecule has 0 radical (unpaired) electrons. The van der Waals surface area contributed by atoms with Gasteiger partial charge in [-0.2, -0.15) is 13.2 Å². The standard InChI is InChI=1S/C17H19F3N4O/c1-11-13(6-3-7-21-11)16(25)24-8-4-5-12(9-24)15-22-14(10-23(15)2)17(18,19)20/h3,6-7,10,12H,4-5,8-9H2,1-2H3. The minimum Gasteiger partial charge on any atom is -0.338 e. The second kappa shape index (κ2) is 6.50. The number of amides is 1. The van der Waals surface area contributed by atoms with Crippen LogP contribution in [0.2, 0.25) is 0 Å². The van der Waals surface area contributed by atoms with Crippen molar-refractivity contribution in [2.75, 3.05) is 13.1 Å². The van der Waals surface area contributed by atoms with Crippen molar-refractivity contribution in [1.29, 1.82) is 0 Å². The third-order valence-corrected chi connectivity index (χ3v) is 4.51. The van der Waals surface area contributed by atoms with Gasteiger partial charge in [0.2, 0.25) is 0 Å². The minimum absolute atomic E-state index is 0.138. The molecule has 1 aliphatic heterocycles. The molecule has 2 aromatic heterocycles. The lowest BCUT2D eigenvalue weighted by molar-refractivity contribution is -0.141. The molecular formula is C17H19F3N4O. The van der Waals surface area contributed by atoms with E-state index in [0.717, 1.165) is 12.6 Å². The van der Waals surface area contributed by atoms with Crippen LogP contribution >= 0.6 is 0 Å². The first-order valence-corrected chi connectivity index (χ1v) is 8.08. The molecule has 25 heavy (non-hydrogen) atoms. The maximum absolute atomic E-state index is 12.9. The number of imidazole rings is 1. The summed E-state index contributed by atoms with van der Waals surface area (Å²) in [6, 6.07) is 3.42. The monoisotopic (exact) mass is 352 g/mol. The smallest absolute Gasteiger partial charge is 0.338 e. The molecule has 0 bridgehead atoms. The van der Waals surface area contributed by atoms with Crippen LogP contribution < -0.4 is 0 Å². The summed E-state index contributed by atoms with van der Waals surface area (Å²) in [5.41, 5.74) is 0.279. The number of pyridine rings is 1. The number of likely N-dealkylation sites (tertiary alicyclic amines) is 1. The highest BCUT2D eigenvalue weighted by Gasteiger charge is 2.36. The van der Waals surface area contributed by atoms with Crippen LogP contribution in [-0.2, 0) is 13.2 Å². The molecule has 1 amide bonds. The second-order valence-electron chi connectivity index (χ2n) is 6.32. The Labute approximate surface area is 143 Å². The van der Waals surface area contributed by atoms with E-state index in [1.807, 2.05) is 0 Å². The topological polar surface area (TPSA) is 51.0 Å². The zero-order valence-corrected chi connectivity index (χ0v) is 14.0. The average Bonchev–Trinajstić information content (AvgIpc) is 2.97. The number of nitrogens with zero attached hydrogens (tertiary/aromatic N) is 4. The van der Waals surface area contributed by atoms with E-state index < -0.39 is 11.9 Å². The summed E-state index contributed by atoms with van der Waals surface area (Å²) in [7, 11) is 1.56. The largest absolute Gasteiger partial charge is 0.434 e. The van der Waals surface area contributed by atoms with Gasteiger partial charge in [-0.1, -0.05) is 0 Å². The highest BCUT2D eigenvalue weighted by atomic mass is 19.4. The maximum Gasteiger partial charge on any atom is 0.434 e. The molecule has 0 spiro atoms. The summed E-state index contributed by atoms with van der Waals surface area (Å²) in [5, 5.41) is 0. The molecule has 5 nitrogen and oxygen atoms in total. The molecule has 134 valence electrons. The zero-order chi connectivity index (χ0) is 18.2. The Hall–Kier alpha value is -2.38. The predicted octanol–water partition coefficient (Wildman–Crippen LogP) is 3.16. The maximum atomic E-state index is 12.9. The molecule has 0 N–H and O–H groups in total. The molecule has 3 rings (SSSR count). The highest BCUT2D eigenvalue weighted by molar-refractivity contribution is 5.95. The van der Waals surface area contributed by atoms with E-state index in [2.05, 4.69) is 9.97 Å². The number of rotatable bonds is 2. The van der Waals surface area contributed by atoms with Crippen LogP contribution in [0.15, 0.2) is 24.5 Å². The van der Waals surface area contributed by atoms with E-state index in [1.165, 1.54) is 4.57 Å². The molecule has 1 saturated heterocycles. The Kier molecular flexibility index (Phi) is 4.53. The van der Waals surface area contributed by atoms with Crippen LogP contribution in [0.4, 0.5) is 13.2 Å². The molecular weight excluding hydrogens is 333 g/mol. The van der Waals surface area contributed by atoms with Crippen molar-refractivity contribution in [2.24, 2.45) is 7.05 Å². The van der Waals surface area contributed by atoms with Gasteiger partial charge in [-0.25, -0.2) is 4.98 Å². The van der Waals surface area contributed by atoms with E-state index in [-0.39, 0.29) is 11.8 Å². The van der Waals surface area contributed by atoms with Gasteiger partial charge in [0, 0.05) is 44.1 Å². The lowest BCUT2D eigenvalue weighted by Crippen LogP contribution is -2.40. The van der Waals surface area contributed by atoms with Crippen molar-refractivity contribution < 1.29 is 18.0 Å². The number of aryl methyl sites for hydroxylation is 2. The first-order valence-electron chi connectivity index (χ1n) is 8.08. The number of carbonyl (C=O) groups excluding carboxylic acids is 1. The van der Waals surface area contributed by atoms with Gasteiger partial charge in [-0.3, -0.25) is 9.78 Å². The van der Waals surface area contributed by atoms with E-state index >= 15 is 0 Å². The Morgan fingerprint density at radius 2 is 2.12 bits per heavy atom. The first-order chi connectivity index (χ1) is 11.8. The second-order valence-corrected chi connectivity index (χ2v) is 6.32. The van der Waals surface area contributed by atoms with Gasteiger partial charge < -0.3 is 9.47 Å². The molecule has 0 saturated carbocycles. The number of alkyl halides is 3. The lowest BCUT2D eigenvalue weighted by atomic mass is 9.96. The van der Waals surface area contributed by atoms with Crippen LogP contribution in [-0.4, -0.2) is 38.4 Å². The Bertz CT molecular complexity index is 784. The summed E-state index contributed by atoms with van der Waals surface area (Å²) >= 11 is 0. The van der Waals surface area contributed by atoms with Crippen LogP contribution in [0.25, 0.3) is 0 Å². The lowest BCUT2D eigenvalue weighted by Gasteiger charge is -2.32. The van der Waals surface area contributed by atoms with Crippen LogP contribution in [0, 0.1) is 6.92 Å². The fourth-order valence-corrected chi connectivity index (χ4v) is 3.25. The summed E-state index contributed by atoms with van der Waals surface area (Å²) < 4.78 is 40.0. The van der Waals surface area contributed by atoms with E-state index in [4.69, 9.17) is 0 Å². The molecule has 8 heteroatoms. The summed E-state index contributed by atoms with van der Waals surface area (Å²) in [5.74, 6) is 0.0177. The normalized spacial score (nSPS) is 18.4. The third kappa shape index (κ3) is 3.52. The van der Waals surface area contributed by atoms with Crippen molar-refractivity contribution >= 4 is 5.91 Å². The predicted molar refractivity (Wildman–Crippen MR) is 85.1 cm³/mol. The van der Waals surface area contributed by atoms with Gasteiger partial charge in [0.15, 0.2) is 5.69 Å². The molecule has 0 aromatic carbocycles. The Morgan fingerprint density at radius 3 is 2.76 bits per heavy atom. The van der Waals surface area contributed by atoms with Gasteiger partial charge in [0.25, 0.3) is 5.91 Å². The molecule has 1 unspecified atom stereocenters. The number of carbonyl (C=O) groups is 1. The summed E-state index contributed by atoms with van der Waals surface area (Å²) in [4.78, 5) is 22.3. The van der Waals surface area contributed by atoms with Crippen molar-refractivity contribution in [3.05, 3.63) is 47.3 Å². The van der Waals surface area contributed by atoms with Crippen molar-refractivity contribution in [3.8, 4) is 0 Å². The number of halogens is 3. The Balaban J connectivity index is 1.81. The molecule has 1 aliphatic rings. The van der Waals surface area contributed by atoms with Gasteiger partial charge >= 0.3 is 6.18 Å². The van der Waals surface area contributed by atoms with E-state index in [0.29, 0.717) is 36.6 Å². The molecule has 3 heterocycles. The third-order valence-electron chi connectivity index (χ3n) is 4.51.